The average Bonchev–Trinajstić information content (AvgIpc) is 3.00. The molecule has 0 aliphatic heterocycles. The van der Waals surface area contributed by atoms with Crippen molar-refractivity contribution in [3.8, 4) is 17.2 Å². The summed E-state index contributed by atoms with van der Waals surface area (Å²) in [6.07, 6.45) is 5.21. The highest BCUT2D eigenvalue weighted by atomic mass is 16.5. The van der Waals surface area contributed by atoms with E-state index in [0.717, 1.165) is 61.3 Å². The third kappa shape index (κ3) is 5.51. The van der Waals surface area contributed by atoms with E-state index < -0.39 is 5.92 Å². The third-order valence-corrected chi connectivity index (χ3v) is 11.5. The lowest BCUT2D eigenvalue weighted by Crippen LogP contribution is -2.52. The van der Waals surface area contributed by atoms with Crippen molar-refractivity contribution in [3.63, 3.8) is 0 Å². The molecule has 3 aliphatic rings. The van der Waals surface area contributed by atoms with Crippen LogP contribution in [0.5, 0.6) is 17.2 Å². The molecule has 0 aromatic heterocycles. The summed E-state index contributed by atoms with van der Waals surface area (Å²) in [5.74, 6) is 2.23. The van der Waals surface area contributed by atoms with E-state index in [1.165, 1.54) is 16.7 Å². The van der Waals surface area contributed by atoms with E-state index in [1.54, 1.807) is 21.3 Å². The van der Waals surface area contributed by atoms with Gasteiger partial charge in [0.25, 0.3) is 0 Å². The first-order chi connectivity index (χ1) is 20.9. The minimum Gasteiger partial charge on any atom is -0.497 e. The molecule has 0 unspecified atom stereocenters. The standard InChI is InChI=1S/C38H52O6/c1-22(2)25-12-16-27-26(35(25)43-9)13-17-30-34(31(39)18-19-38(27,30)6)36(40)44-33-20-23(3)10-14-29(33)37(4,5)28-15-11-24(41-7)21-32(28)42-8/h11-12,15-16,21-23,29-30,33-34H,10,13-14,17-20H2,1-9H3/t23-,29-,30+,33+,34+,38-/m1/s1. The van der Waals surface area contributed by atoms with Crippen LogP contribution in [0.1, 0.15) is 108 Å². The molecule has 0 N–H and O–H groups in total. The fraction of sp³-hybridized carbons (Fsp3) is 0.632. The maximum Gasteiger partial charge on any atom is 0.317 e. The van der Waals surface area contributed by atoms with Gasteiger partial charge in [0, 0.05) is 24.0 Å². The molecular weight excluding hydrogens is 552 g/mol. The van der Waals surface area contributed by atoms with Crippen molar-refractivity contribution in [2.45, 2.75) is 109 Å². The van der Waals surface area contributed by atoms with Gasteiger partial charge in [-0.1, -0.05) is 66.2 Å². The van der Waals surface area contributed by atoms with E-state index in [-0.39, 0.29) is 40.5 Å². The SMILES string of the molecule is COc1ccc(C(C)(C)[C@@H]2CC[C@@H](C)C[C@@H]2OC(=O)[C@@H]2C(=O)CC[C@]3(C)c4ccc(C(C)C)c(OC)c4CC[C@@H]23)c(OC)c1. The monoisotopic (exact) mass is 604 g/mol. The Hall–Kier alpha value is -3.02. The van der Waals surface area contributed by atoms with E-state index in [4.69, 9.17) is 18.9 Å². The summed E-state index contributed by atoms with van der Waals surface area (Å²) in [5.41, 5.74) is 4.14. The molecule has 3 aliphatic carbocycles. The second kappa shape index (κ2) is 12.4. The van der Waals surface area contributed by atoms with Crippen LogP contribution in [0.25, 0.3) is 0 Å². The normalized spacial score (nSPS) is 28.6. The lowest BCUT2D eigenvalue weighted by atomic mass is 9.54. The van der Waals surface area contributed by atoms with Crippen molar-refractivity contribution in [2.24, 2.45) is 23.7 Å². The number of fused-ring (bicyclic) bond motifs is 3. The maximum atomic E-state index is 14.3. The molecule has 240 valence electrons. The molecular formula is C38H52O6. The molecule has 2 saturated carbocycles. The molecule has 0 amide bonds. The lowest BCUT2D eigenvalue weighted by molar-refractivity contribution is -0.169. The molecule has 44 heavy (non-hydrogen) atoms. The minimum atomic E-state index is -0.741. The molecule has 0 heterocycles. The summed E-state index contributed by atoms with van der Waals surface area (Å²) in [5, 5.41) is 0. The summed E-state index contributed by atoms with van der Waals surface area (Å²) in [7, 11) is 5.09. The number of hydrogen-bond acceptors (Lipinski definition) is 6. The third-order valence-electron chi connectivity index (χ3n) is 11.5. The molecule has 0 saturated heterocycles. The van der Waals surface area contributed by atoms with Gasteiger partial charge in [-0.3, -0.25) is 9.59 Å². The van der Waals surface area contributed by atoms with Gasteiger partial charge >= 0.3 is 5.97 Å². The molecule has 6 atom stereocenters. The van der Waals surface area contributed by atoms with Crippen molar-refractivity contribution in [1.82, 2.24) is 0 Å². The molecule has 2 aromatic carbocycles. The zero-order valence-electron chi connectivity index (χ0n) is 28.3. The number of methoxy groups -OCH3 is 3. The van der Waals surface area contributed by atoms with Crippen LogP contribution in [0.4, 0.5) is 0 Å². The predicted molar refractivity (Wildman–Crippen MR) is 173 cm³/mol. The van der Waals surface area contributed by atoms with Crippen molar-refractivity contribution in [1.29, 1.82) is 0 Å². The second-order valence-corrected chi connectivity index (χ2v) is 14.7. The van der Waals surface area contributed by atoms with Crippen LogP contribution in [0.2, 0.25) is 0 Å². The smallest absolute Gasteiger partial charge is 0.317 e. The van der Waals surface area contributed by atoms with Crippen molar-refractivity contribution < 1.29 is 28.5 Å². The summed E-state index contributed by atoms with van der Waals surface area (Å²) >= 11 is 0. The fourth-order valence-corrected chi connectivity index (χ4v) is 8.89. The van der Waals surface area contributed by atoms with E-state index >= 15 is 0 Å². The molecule has 6 nitrogen and oxygen atoms in total. The summed E-state index contributed by atoms with van der Waals surface area (Å²) in [6, 6.07) is 10.4. The van der Waals surface area contributed by atoms with Gasteiger partial charge in [-0.2, -0.15) is 0 Å². The molecule has 6 heteroatoms. The van der Waals surface area contributed by atoms with Crippen molar-refractivity contribution in [3.05, 3.63) is 52.6 Å². The van der Waals surface area contributed by atoms with Crippen LogP contribution in [0.15, 0.2) is 30.3 Å². The number of carbonyl (C=O) groups is 2. The molecule has 0 radical (unpaired) electrons. The Balaban J connectivity index is 1.45. The lowest BCUT2D eigenvalue weighted by Gasteiger charge is -2.50. The molecule has 2 aromatic rings. The van der Waals surface area contributed by atoms with Crippen molar-refractivity contribution in [2.75, 3.05) is 21.3 Å². The van der Waals surface area contributed by atoms with Gasteiger partial charge in [-0.05, 0) is 83.4 Å². The van der Waals surface area contributed by atoms with E-state index in [9.17, 15) is 9.59 Å². The number of ketones is 1. The zero-order valence-corrected chi connectivity index (χ0v) is 28.3. The van der Waals surface area contributed by atoms with Gasteiger partial charge in [0.05, 0.1) is 21.3 Å². The van der Waals surface area contributed by atoms with Gasteiger partial charge in [-0.25, -0.2) is 0 Å². The molecule has 5 rings (SSSR count). The predicted octanol–water partition coefficient (Wildman–Crippen LogP) is 7.96. The van der Waals surface area contributed by atoms with Gasteiger partial charge in [0.15, 0.2) is 0 Å². The Labute approximate surface area is 264 Å². The Morgan fingerprint density at radius 1 is 0.977 bits per heavy atom. The van der Waals surface area contributed by atoms with Gasteiger partial charge in [0.1, 0.15) is 35.1 Å². The van der Waals surface area contributed by atoms with E-state index in [1.807, 2.05) is 12.1 Å². The van der Waals surface area contributed by atoms with Gasteiger partial charge in [0.2, 0.25) is 0 Å². The first-order valence-electron chi connectivity index (χ1n) is 16.5. The number of carbonyl (C=O) groups excluding carboxylic acids is 2. The van der Waals surface area contributed by atoms with Gasteiger partial charge < -0.3 is 18.9 Å². The van der Waals surface area contributed by atoms with Crippen LogP contribution >= 0.6 is 0 Å². The first kappa shape index (κ1) is 32.4. The van der Waals surface area contributed by atoms with Crippen LogP contribution in [-0.2, 0) is 31.6 Å². The van der Waals surface area contributed by atoms with E-state index in [2.05, 4.69) is 59.7 Å². The quantitative estimate of drug-likeness (QED) is 0.225. The molecule has 0 bridgehead atoms. The number of benzene rings is 2. The second-order valence-electron chi connectivity index (χ2n) is 14.7. The van der Waals surface area contributed by atoms with Gasteiger partial charge in [-0.15, -0.1) is 0 Å². The fourth-order valence-electron chi connectivity index (χ4n) is 8.89. The Morgan fingerprint density at radius 3 is 2.39 bits per heavy atom. The Bertz CT molecular complexity index is 1390. The number of hydrogen-bond donors (Lipinski definition) is 0. The summed E-state index contributed by atoms with van der Waals surface area (Å²) in [6.45, 7) is 13.3. The zero-order chi connectivity index (χ0) is 32.0. The average molecular weight is 605 g/mol. The number of rotatable bonds is 8. The largest absolute Gasteiger partial charge is 0.497 e. The Kier molecular flexibility index (Phi) is 9.13. The highest BCUT2D eigenvalue weighted by Crippen LogP contribution is 2.54. The van der Waals surface area contributed by atoms with Crippen LogP contribution in [0, 0.1) is 23.7 Å². The van der Waals surface area contributed by atoms with Crippen LogP contribution in [-0.4, -0.2) is 39.2 Å². The highest BCUT2D eigenvalue weighted by molar-refractivity contribution is 6.00. The molecule has 2 fully saturated rings. The number of ether oxygens (including phenoxy) is 4. The minimum absolute atomic E-state index is 0.0307. The van der Waals surface area contributed by atoms with Crippen LogP contribution in [0.3, 0.4) is 0 Å². The summed E-state index contributed by atoms with van der Waals surface area (Å²) < 4.78 is 23.8. The number of esters is 1. The Morgan fingerprint density at radius 2 is 1.73 bits per heavy atom. The van der Waals surface area contributed by atoms with Crippen LogP contribution < -0.4 is 14.2 Å². The number of Topliss-reactive ketones (excluding diaryl/α,β-unsaturated/α-hetero) is 1. The highest BCUT2D eigenvalue weighted by Gasteiger charge is 2.54. The van der Waals surface area contributed by atoms with E-state index in [0.29, 0.717) is 18.3 Å². The molecule has 0 spiro atoms. The summed E-state index contributed by atoms with van der Waals surface area (Å²) in [4.78, 5) is 27.9. The maximum absolute atomic E-state index is 14.3. The topological polar surface area (TPSA) is 71.1 Å². The first-order valence-corrected chi connectivity index (χ1v) is 16.5. The van der Waals surface area contributed by atoms with Crippen molar-refractivity contribution >= 4 is 11.8 Å².